The topological polar surface area (TPSA) is 51.2 Å². The van der Waals surface area contributed by atoms with E-state index in [4.69, 9.17) is 0 Å². The molecule has 96 valence electrons. The molecular weight excluding hydrogens is 228 g/mol. The van der Waals surface area contributed by atoms with Crippen LogP contribution in [0.25, 0.3) is 0 Å². The Bertz CT molecular complexity index is 538. The number of allylic oxidation sites excluding steroid dienone is 2. The van der Waals surface area contributed by atoms with E-state index < -0.39 is 10.8 Å². The van der Waals surface area contributed by atoms with Crippen LogP contribution in [0.1, 0.15) is 40.5 Å². The quantitative estimate of drug-likeness (QED) is 0.615. The Morgan fingerprint density at radius 1 is 1.11 bits per heavy atom. The van der Waals surface area contributed by atoms with Gasteiger partial charge in [0.1, 0.15) is 5.78 Å². The van der Waals surface area contributed by atoms with Crippen molar-refractivity contribution < 1.29 is 14.4 Å². The Morgan fingerprint density at radius 2 is 1.72 bits per heavy atom. The second-order valence-corrected chi connectivity index (χ2v) is 6.83. The molecule has 0 aromatic rings. The van der Waals surface area contributed by atoms with E-state index >= 15 is 0 Å². The molecule has 3 atom stereocenters. The van der Waals surface area contributed by atoms with Gasteiger partial charge in [-0.25, -0.2) is 0 Å². The number of rotatable bonds is 0. The summed E-state index contributed by atoms with van der Waals surface area (Å²) in [6.45, 7) is 7.69. The van der Waals surface area contributed by atoms with Crippen molar-refractivity contribution in [3.05, 3.63) is 11.1 Å². The van der Waals surface area contributed by atoms with Gasteiger partial charge in [0.05, 0.1) is 5.57 Å². The Morgan fingerprint density at radius 3 is 2.33 bits per heavy atom. The van der Waals surface area contributed by atoms with E-state index in [1.807, 2.05) is 27.7 Å². The van der Waals surface area contributed by atoms with Crippen LogP contribution in [0.15, 0.2) is 11.1 Å². The van der Waals surface area contributed by atoms with Gasteiger partial charge in [-0.15, -0.1) is 0 Å². The number of fused-ring (bicyclic) bond motifs is 2. The molecule has 3 heteroatoms. The summed E-state index contributed by atoms with van der Waals surface area (Å²) in [6, 6.07) is 0. The molecular formula is C15H18O3. The van der Waals surface area contributed by atoms with Crippen LogP contribution in [0, 0.1) is 22.7 Å². The lowest BCUT2D eigenvalue weighted by Gasteiger charge is -2.32. The highest BCUT2D eigenvalue weighted by Gasteiger charge is 2.64. The van der Waals surface area contributed by atoms with Gasteiger partial charge in [-0.05, 0) is 12.0 Å². The lowest BCUT2D eigenvalue weighted by atomic mass is 9.69. The maximum Gasteiger partial charge on any atom is 0.172 e. The second kappa shape index (κ2) is 3.01. The third-order valence-corrected chi connectivity index (χ3v) is 5.49. The van der Waals surface area contributed by atoms with E-state index in [-0.39, 0.29) is 29.2 Å². The smallest absolute Gasteiger partial charge is 0.172 e. The zero-order valence-corrected chi connectivity index (χ0v) is 11.3. The molecule has 0 aliphatic heterocycles. The van der Waals surface area contributed by atoms with Crippen LogP contribution in [0.2, 0.25) is 0 Å². The molecule has 0 bridgehead atoms. The summed E-state index contributed by atoms with van der Waals surface area (Å²) >= 11 is 0. The number of carbonyl (C=O) groups is 3. The Hall–Kier alpha value is -1.25. The summed E-state index contributed by atoms with van der Waals surface area (Å²) in [5.41, 5.74) is 0.532. The molecule has 0 unspecified atom stereocenters. The molecule has 0 N–H and O–H groups in total. The average Bonchev–Trinajstić information content (AvgIpc) is 2.74. The molecule has 1 saturated carbocycles. The third kappa shape index (κ3) is 1.04. The summed E-state index contributed by atoms with van der Waals surface area (Å²) < 4.78 is 0. The van der Waals surface area contributed by atoms with Crippen LogP contribution in [0.4, 0.5) is 0 Å². The number of hydrogen-bond donors (Lipinski definition) is 0. The van der Waals surface area contributed by atoms with Crippen molar-refractivity contribution in [3.8, 4) is 0 Å². The van der Waals surface area contributed by atoms with Crippen LogP contribution in [0.5, 0.6) is 0 Å². The average molecular weight is 246 g/mol. The molecule has 0 aromatic heterocycles. The van der Waals surface area contributed by atoms with Crippen molar-refractivity contribution >= 4 is 17.3 Å². The summed E-state index contributed by atoms with van der Waals surface area (Å²) in [5.74, 6) is -0.330. The Kier molecular flexibility index (Phi) is 1.98. The minimum Gasteiger partial charge on any atom is -0.299 e. The van der Waals surface area contributed by atoms with Gasteiger partial charge in [0, 0.05) is 29.1 Å². The molecule has 3 nitrogen and oxygen atoms in total. The molecule has 0 radical (unpaired) electrons. The molecule has 0 heterocycles. The standard InChI is InChI=1S/C15H18O3/c1-7-10(16)5-8-12(17)11-9(15(7,8)4)6-14(2,3)13(11)18/h7-8H,5-6H2,1-4H3/t7-,8+,15+/m0/s1. The van der Waals surface area contributed by atoms with E-state index in [0.29, 0.717) is 18.4 Å². The first-order chi connectivity index (χ1) is 8.21. The fourth-order valence-corrected chi connectivity index (χ4v) is 4.04. The predicted molar refractivity (Wildman–Crippen MR) is 65.8 cm³/mol. The number of ketones is 3. The van der Waals surface area contributed by atoms with E-state index in [1.54, 1.807) is 0 Å². The first-order valence-electron chi connectivity index (χ1n) is 6.56. The van der Waals surface area contributed by atoms with E-state index in [0.717, 1.165) is 5.57 Å². The number of Topliss-reactive ketones (excluding diaryl/α,β-unsaturated/α-hetero) is 3. The largest absolute Gasteiger partial charge is 0.299 e. The minimum absolute atomic E-state index is 0.0160. The van der Waals surface area contributed by atoms with E-state index in [2.05, 4.69) is 0 Å². The van der Waals surface area contributed by atoms with Crippen molar-refractivity contribution in [3.63, 3.8) is 0 Å². The summed E-state index contributed by atoms with van der Waals surface area (Å²) in [6.07, 6.45) is 0.953. The first-order valence-corrected chi connectivity index (χ1v) is 6.56. The van der Waals surface area contributed by atoms with Gasteiger partial charge in [0.25, 0.3) is 0 Å². The molecule has 18 heavy (non-hydrogen) atoms. The highest BCUT2D eigenvalue weighted by atomic mass is 16.2. The molecule has 3 aliphatic carbocycles. The molecule has 0 aromatic carbocycles. The van der Waals surface area contributed by atoms with Gasteiger partial charge in [0.2, 0.25) is 0 Å². The number of carbonyl (C=O) groups excluding carboxylic acids is 3. The maximum absolute atomic E-state index is 12.4. The molecule has 1 fully saturated rings. The van der Waals surface area contributed by atoms with E-state index in [9.17, 15) is 14.4 Å². The zero-order valence-electron chi connectivity index (χ0n) is 11.3. The SMILES string of the molecule is C[C@H]1C(=O)C[C@@H]2C(=O)C3=C(CC(C)(C)C3=O)[C@@]21C. The van der Waals surface area contributed by atoms with Gasteiger partial charge >= 0.3 is 0 Å². The van der Waals surface area contributed by atoms with Crippen molar-refractivity contribution in [2.75, 3.05) is 0 Å². The molecule has 0 amide bonds. The summed E-state index contributed by atoms with van der Waals surface area (Å²) in [4.78, 5) is 36.7. The van der Waals surface area contributed by atoms with Crippen LogP contribution >= 0.6 is 0 Å². The summed E-state index contributed by atoms with van der Waals surface area (Å²) in [7, 11) is 0. The van der Waals surface area contributed by atoms with Gasteiger partial charge in [-0.3, -0.25) is 14.4 Å². The lowest BCUT2D eigenvalue weighted by Crippen LogP contribution is -2.33. The summed E-state index contributed by atoms with van der Waals surface area (Å²) in [5, 5.41) is 0. The fraction of sp³-hybridized carbons (Fsp3) is 0.667. The lowest BCUT2D eigenvalue weighted by molar-refractivity contribution is -0.128. The predicted octanol–water partition coefficient (Wildman–Crippen LogP) is 2.10. The van der Waals surface area contributed by atoms with Crippen molar-refractivity contribution in [2.24, 2.45) is 22.7 Å². The highest BCUT2D eigenvalue weighted by Crippen LogP contribution is 2.62. The molecule has 0 saturated heterocycles. The number of hydrogen-bond acceptors (Lipinski definition) is 3. The molecule has 3 aliphatic rings. The highest BCUT2D eigenvalue weighted by molar-refractivity contribution is 6.28. The third-order valence-electron chi connectivity index (χ3n) is 5.49. The van der Waals surface area contributed by atoms with Crippen molar-refractivity contribution in [1.82, 2.24) is 0 Å². The monoisotopic (exact) mass is 246 g/mol. The molecule has 0 spiro atoms. The Labute approximate surface area is 107 Å². The van der Waals surface area contributed by atoms with Crippen LogP contribution < -0.4 is 0 Å². The fourth-order valence-electron chi connectivity index (χ4n) is 4.04. The van der Waals surface area contributed by atoms with Crippen molar-refractivity contribution in [1.29, 1.82) is 0 Å². The molecule has 3 rings (SSSR count). The maximum atomic E-state index is 12.4. The Balaban J connectivity index is 2.18. The van der Waals surface area contributed by atoms with E-state index in [1.165, 1.54) is 0 Å². The van der Waals surface area contributed by atoms with Gasteiger partial charge in [-0.2, -0.15) is 0 Å². The normalized spacial score (nSPS) is 41.7. The van der Waals surface area contributed by atoms with Crippen molar-refractivity contribution in [2.45, 2.75) is 40.5 Å². The van der Waals surface area contributed by atoms with Crippen LogP contribution in [-0.2, 0) is 14.4 Å². The van der Waals surface area contributed by atoms with Gasteiger partial charge < -0.3 is 0 Å². The van der Waals surface area contributed by atoms with Gasteiger partial charge in [-0.1, -0.05) is 27.7 Å². The van der Waals surface area contributed by atoms with Crippen LogP contribution in [0.3, 0.4) is 0 Å². The first kappa shape index (κ1) is 11.8. The van der Waals surface area contributed by atoms with Gasteiger partial charge in [0.15, 0.2) is 11.6 Å². The zero-order chi connectivity index (χ0) is 13.5. The van der Waals surface area contributed by atoms with Crippen LogP contribution in [-0.4, -0.2) is 17.3 Å². The second-order valence-electron chi connectivity index (χ2n) is 6.83. The minimum atomic E-state index is -0.473.